The first-order valence-corrected chi connectivity index (χ1v) is 14.6. The summed E-state index contributed by atoms with van der Waals surface area (Å²) in [6, 6.07) is 5.18. The molecule has 4 heterocycles. The lowest BCUT2D eigenvalue weighted by atomic mass is 10.1. The molecule has 1 unspecified atom stereocenters. The summed E-state index contributed by atoms with van der Waals surface area (Å²) in [5, 5.41) is 11.9. The molecule has 0 spiro atoms. The number of ether oxygens (including phenoxy) is 3. The Morgan fingerprint density at radius 3 is 2.23 bits per heavy atom. The summed E-state index contributed by atoms with van der Waals surface area (Å²) in [7, 11) is 1.64. The Morgan fingerprint density at radius 2 is 1.67 bits per heavy atom. The van der Waals surface area contributed by atoms with Crippen molar-refractivity contribution >= 4 is 21.4 Å². The fourth-order valence-corrected chi connectivity index (χ4v) is 7.24. The van der Waals surface area contributed by atoms with Crippen LogP contribution >= 0.6 is 0 Å². The van der Waals surface area contributed by atoms with Gasteiger partial charge in [-0.05, 0) is 38.5 Å². The zero-order valence-electron chi connectivity index (χ0n) is 22.9. The second kappa shape index (κ2) is 10.4. The summed E-state index contributed by atoms with van der Waals surface area (Å²) in [5.74, 6) is 1.71. The summed E-state index contributed by atoms with van der Waals surface area (Å²) in [6.07, 6.45) is 0.592. The van der Waals surface area contributed by atoms with Crippen LogP contribution in [0.5, 0.6) is 17.2 Å². The summed E-state index contributed by atoms with van der Waals surface area (Å²) in [4.78, 5) is 17.3. The number of rotatable bonds is 7. The third-order valence-corrected chi connectivity index (χ3v) is 9.24. The Bertz CT molecular complexity index is 1460. The van der Waals surface area contributed by atoms with Gasteiger partial charge in [-0.2, -0.15) is 10.2 Å². The Labute approximate surface area is 227 Å². The van der Waals surface area contributed by atoms with Crippen LogP contribution in [0.3, 0.4) is 0 Å². The van der Waals surface area contributed by atoms with Crippen LogP contribution in [0.1, 0.15) is 34.3 Å². The minimum absolute atomic E-state index is 0.120. The van der Waals surface area contributed by atoms with Gasteiger partial charge in [0, 0.05) is 31.7 Å². The highest BCUT2D eigenvalue weighted by Crippen LogP contribution is 2.41. The molecular formula is C26H34N6O6S. The van der Waals surface area contributed by atoms with Gasteiger partial charge in [0.15, 0.2) is 21.3 Å². The number of anilines is 1. The quantitative estimate of drug-likeness (QED) is 0.464. The molecule has 13 heteroatoms. The zero-order chi connectivity index (χ0) is 27.9. The Kier molecular flexibility index (Phi) is 7.19. The molecule has 1 atom stereocenters. The standard InChI is InChI=1S/C26H34N6O6S/c1-16-24(17(2)32(29-16)19-6-11-39(34,35)15-19)30-7-9-31(10-8-30)26(33)21-14-20(27-28-21)18-12-22(36-3)25(38-5)23(13-18)37-4/h12-14,19H,6-11,15H2,1-5H3,(H,27,28). The van der Waals surface area contributed by atoms with Crippen molar-refractivity contribution in [2.75, 3.05) is 63.9 Å². The lowest BCUT2D eigenvalue weighted by Crippen LogP contribution is -2.49. The summed E-state index contributed by atoms with van der Waals surface area (Å²) < 4.78 is 42.1. The number of methoxy groups -OCH3 is 3. The summed E-state index contributed by atoms with van der Waals surface area (Å²) >= 11 is 0. The van der Waals surface area contributed by atoms with Gasteiger partial charge in [-0.15, -0.1) is 0 Å². The van der Waals surface area contributed by atoms with Crippen molar-refractivity contribution in [2.24, 2.45) is 0 Å². The number of aryl methyl sites for hydroxylation is 1. The molecule has 2 saturated heterocycles. The highest BCUT2D eigenvalue weighted by molar-refractivity contribution is 7.91. The van der Waals surface area contributed by atoms with Crippen molar-refractivity contribution in [3.8, 4) is 28.5 Å². The number of amides is 1. The van der Waals surface area contributed by atoms with Gasteiger partial charge in [0.05, 0.1) is 61.6 Å². The van der Waals surface area contributed by atoms with Gasteiger partial charge in [0.2, 0.25) is 5.75 Å². The number of carbonyl (C=O) groups excluding carboxylic acids is 1. The summed E-state index contributed by atoms with van der Waals surface area (Å²) in [5.41, 5.74) is 4.58. The van der Waals surface area contributed by atoms with Gasteiger partial charge < -0.3 is 24.0 Å². The molecule has 3 aromatic rings. The number of aromatic nitrogens is 4. The zero-order valence-corrected chi connectivity index (χ0v) is 23.7. The van der Waals surface area contributed by atoms with Gasteiger partial charge in [-0.3, -0.25) is 14.6 Å². The number of hydrogen-bond acceptors (Lipinski definition) is 9. The van der Waals surface area contributed by atoms with Crippen molar-refractivity contribution in [3.63, 3.8) is 0 Å². The summed E-state index contributed by atoms with van der Waals surface area (Å²) in [6.45, 7) is 6.33. The maximum Gasteiger partial charge on any atom is 0.272 e. The first-order valence-electron chi connectivity index (χ1n) is 12.8. The van der Waals surface area contributed by atoms with E-state index in [0.717, 1.165) is 22.6 Å². The highest BCUT2D eigenvalue weighted by atomic mass is 32.2. The number of nitrogens with zero attached hydrogens (tertiary/aromatic N) is 5. The third-order valence-electron chi connectivity index (χ3n) is 7.49. The van der Waals surface area contributed by atoms with E-state index in [2.05, 4.69) is 15.1 Å². The van der Waals surface area contributed by atoms with Crippen molar-refractivity contribution in [3.05, 3.63) is 35.3 Å². The van der Waals surface area contributed by atoms with Gasteiger partial charge >= 0.3 is 0 Å². The molecule has 210 valence electrons. The van der Waals surface area contributed by atoms with Crippen LogP contribution < -0.4 is 19.1 Å². The Hall–Kier alpha value is -3.74. The van der Waals surface area contributed by atoms with Gasteiger partial charge in [0.25, 0.3) is 5.91 Å². The second-order valence-corrected chi connectivity index (χ2v) is 12.1. The molecule has 0 bridgehead atoms. The molecule has 12 nitrogen and oxygen atoms in total. The van der Waals surface area contributed by atoms with E-state index in [0.29, 0.717) is 61.2 Å². The van der Waals surface area contributed by atoms with E-state index in [1.165, 1.54) is 0 Å². The number of hydrogen-bond donors (Lipinski definition) is 1. The van der Waals surface area contributed by atoms with Crippen LogP contribution in [0.25, 0.3) is 11.3 Å². The molecule has 0 radical (unpaired) electrons. The maximum absolute atomic E-state index is 13.3. The normalized spacial score (nSPS) is 18.8. The smallest absolute Gasteiger partial charge is 0.272 e. The number of carbonyl (C=O) groups is 1. The fourth-order valence-electron chi connectivity index (χ4n) is 5.55. The first kappa shape index (κ1) is 26.9. The monoisotopic (exact) mass is 558 g/mol. The minimum atomic E-state index is -3.00. The molecular weight excluding hydrogens is 524 g/mol. The maximum atomic E-state index is 13.3. The molecule has 2 aromatic heterocycles. The second-order valence-electron chi connectivity index (χ2n) is 9.88. The van der Waals surface area contributed by atoms with E-state index in [1.54, 1.807) is 39.5 Å². The molecule has 5 rings (SSSR count). The van der Waals surface area contributed by atoms with Gasteiger partial charge in [-0.1, -0.05) is 0 Å². The van der Waals surface area contributed by atoms with Crippen LogP contribution in [0.15, 0.2) is 18.2 Å². The van der Waals surface area contributed by atoms with Crippen molar-refractivity contribution in [1.82, 2.24) is 24.9 Å². The third kappa shape index (κ3) is 5.02. The van der Waals surface area contributed by atoms with Crippen molar-refractivity contribution in [1.29, 1.82) is 0 Å². The number of aromatic amines is 1. The van der Waals surface area contributed by atoms with Crippen LogP contribution in [-0.2, 0) is 9.84 Å². The van der Waals surface area contributed by atoms with E-state index in [1.807, 2.05) is 23.4 Å². The minimum Gasteiger partial charge on any atom is -0.493 e. The highest BCUT2D eigenvalue weighted by Gasteiger charge is 2.33. The van der Waals surface area contributed by atoms with E-state index in [4.69, 9.17) is 19.3 Å². The van der Waals surface area contributed by atoms with E-state index in [9.17, 15) is 13.2 Å². The first-order chi connectivity index (χ1) is 18.7. The molecule has 1 amide bonds. The SMILES string of the molecule is COc1cc(-c2cc(C(=O)N3CCN(c4c(C)nn(C5CCS(=O)(=O)C5)c4C)CC3)[nH]n2)cc(OC)c1OC. The predicted molar refractivity (Wildman–Crippen MR) is 146 cm³/mol. The molecule has 2 aliphatic rings. The molecule has 0 aliphatic carbocycles. The average Bonchev–Trinajstić information content (AvgIpc) is 3.64. The number of sulfone groups is 1. The molecule has 0 saturated carbocycles. The molecule has 2 fully saturated rings. The van der Waals surface area contributed by atoms with Crippen LogP contribution in [0, 0.1) is 13.8 Å². The van der Waals surface area contributed by atoms with Gasteiger partial charge in [-0.25, -0.2) is 8.42 Å². The predicted octanol–water partition coefficient (Wildman–Crippen LogP) is 2.24. The van der Waals surface area contributed by atoms with Crippen molar-refractivity contribution < 1.29 is 27.4 Å². The van der Waals surface area contributed by atoms with E-state index < -0.39 is 9.84 Å². The van der Waals surface area contributed by atoms with E-state index >= 15 is 0 Å². The number of nitrogens with one attached hydrogen (secondary N) is 1. The van der Waals surface area contributed by atoms with Crippen molar-refractivity contribution in [2.45, 2.75) is 26.3 Å². The molecule has 1 aromatic carbocycles. The topological polar surface area (TPSA) is 132 Å². The Balaban J connectivity index is 1.28. The van der Waals surface area contributed by atoms with E-state index in [-0.39, 0.29) is 23.5 Å². The number of benzene rings is 1. The molecule has 39 heavy (non-hydrogen) atoms. The number of piperazine rings is 1. The lowest BCUT2D eigenvalue weighted by molar-refractivity contribution is 0.0741. The Morgan fingerprint density at radius 1 is 1.00 bits per heavy atom. The fraction of sp³-hybridized carbons (Fsp3) is 0.500. The number of H-pyrrole nitrogens is 1. The largest absolute Gasteiger partial charge is 0.493 e. The average molecular weight is 559 g/mol. The molecule has 2 aliphatic heterocycles. The van der Waals surface area contributed by atoms with Gasteiger partial charge in [0.1, 0.15) is 5.69 Å². The van der Waals surface area contributed by atoms with Crippen LogP contribution in [0.4, 0.5) is 5.69 Å². The molecule has 1 N–H and O–H groups in total. The lowest BCUT2D eigenvalue weighted by Gasteiger charge is -2.36. The van der Waals surface area contributed by atoms with Crippen LogP contribution in [0.2, 0.25) is 0 Å². The van der Waals surface area contributed by atoms with Crippen LogP contribution in [-0.4, -0.2) is 98.2 Å².